The number of carbonyl (C=O) groups is 1. The summed E-state index contributed by atoms with van der Waals surface area (Å²) in [6.07, 6.45) is 9.77. The number of hydrogen-bond donors (Lipinski definition) is 1. The topological polar surface area (TPSA) is 65.0 Å². The van der Waals surface area contributed by atoms with Crippen molar-refractivity contribution >= 4 is 14.3 Å². The van der Waals surface area contributed by atoms with Crippen LogP contribution < -0.4 is 0 Å². The van der Waals surface area contributed by atoms with Gasteiger partial charge in [0.25, 0.3) is 0 Å². The van der Waals surface area contributed by atoms with E-state index in [-0.39, 0.29) is 68.7 Å². The molecule has 0 bridgehead atoms. The number of aliphatic hydroxyl groups is 1. The molecule has 0 saturated heterocycles. The number of benzene rings is 1. The van der Waals surface area contributed by atoms with Crippen LogP contribution in [0, 0.1) is 45.3 Å². The summed E-state index contributed by atoms with van der Waals surface area (Å²) in [4.78, 5) is 13.0. The lowest BCUT2D eigenvalue weighted by Gasteiger charge is -2.72. The molecule has 4 saturated carbocycles. The van der Waals surface area contributed by atoms with Crippen LogP contribution in [0.25, 0.3) is 0 Å². The molecule has 4 fully saturated rings. The zero-order valence-electron chi connectivity index (χ0n) is 34.9. The van der Waals surface area contributed by atoms with Crippen LogP contribution >= 0.6 is 0 Å². The summed E-state index contributed by atoms with van der Waals surface area (Å²) >= 11 is 0. The van der Waals surface area contributed by atoms with Crippen molar-refractivity contribution < 1.29 is 23.8 Å². The van der Waals surface area contributed by atoms with Gasteiger partial charge in [0.15, 0.2) is 8.32 Å². The molecule has 288 valence electrons. The molecule has 1 N–H and O–H groups in total. The standard InChI is InChI=1S/C45H74O5Si/c1-30(2)19-18-24-45(12,47)33-22-26-43(10)38(33)34(48-29-32-20-16-15-17-21-32)27-36-42(9)25-23-37(50-51(13,14)40(4,5)6)41(7,8)39(42)35(49-31(3)46)28-44(36,43)11/h15-17,19-21,33-39,47H,18,22-29H2,1-14H3/t33-,34+,35-,36+,37-,38-,39-,42+,43+,44+,45-/m0/s1. The number of esters is 1. The fourth-order valence-electron chi connectivity index (χ4n) is 12.4. The van der Waals surface area contributed by atoms with Crippen LogP contribution in [0.2, 0.25) is 18.1 Å². The average Bonchev–Trinajstić information content (AvgIpc) is 3.37. The summed E-state index contributed by atoms with van der Waals surface area (Å²) in [6.45, 7) is 32.7. The van der Waals surface area contributed by atoms with Crippen LogP contribution in [0.3, 0.4) is 0 Å². The number of rotatable bonds is 10. The molecule has 6 heteroatoms. The van der Waals surface area contributed by atoms with E-state index in [1.807, 2.05) is 0 Å². The van der Waals surface area contributed by atoms with Gasteiger partial charge in [0.1, 0.15) is 6.10 Å². The van der Waals surface area contributed by atoms with E-state index in [1.165, 1.54) is 11.1 Å². The van der Waals surface area contributed by atoms with Crippen molar-refractivity contribution in [1.29, 1.82) is 0 Å². The number of ether oxygens (including phenoxy) is 2. The van der Waals surface area contributed by atoms with Gasteiger partial charge in [-0.2, -0.15) is 0 Å². The lowest BCUT2D eigenvalue weighted by Crippen LogP contribution is -2.70. The van der Waals surface area contributed by atoms with Gasteiger partial charge in [0, 0.05) is 12.8 Å². The van der Waals surface area contributed by atoms with E-state index in [9.17, 15) is 9.90 Å². The van der Waals surface area contributed by atoms with E-state index >= 15 is 0 Å². The molecule has 11 atom stereocenters. The maximum Gasteiger partial charge on any atom is 0.302 e. The molecule has 4 aliphatic rings. The van der Waals surface area contributed by atoms with Gasteiger partial charge in [0.2, 0.25) is 0 Å². The largest absolute Gasteiger partial charge is 0.462 e. The highest BCUT2D eigenvalue weighted by Gasteiger charge is 2.74. The highest BCUT2D eigenvalue weighted by atomic mass is 28.4. The number of carbonyl (C=O) groups excluding carboxylic acids is 1. The Kier molecular flexibility index (Phi) is 11.2. The molecular weight excluding hydrogens is 649 g/mol. The Morgan fingerprint density at radius 1 is 0.941 bits per heavy atom. The molecule has 0 unspecified atom stereocenters. The van der Waals surface area contributed by atoms with Gasteiger partial charge in [-0.15, -0.1) is 0 Å². The third-order valence-electron chi connectivity index (χ3n) is 16.0. The van der Waals surface area contributed by atoms with Crippen LogP contribution in [0.5, 0.6) is 0 Å². The second kappa shape index (κ2) is 14.0. The molecule has 51 heavy (non-hydrogen) atoms. The van der Waals surface area contributed by atoms with Crippen molar-refractivity contribution in [2.45, 2.75) is 183 Å². The Morgan fingerprint density at radius 3 is 2.18 bits per heavy atom. The Morgan fingerprint density at radius 2 is 1.59 bits per heavy atom. The lowest BCUT2D eigenvalue weighted by molar-refractivity contribution is -0.281. The van der Waals surface area contributed by atoms with Crippen LogP contribution in [-0.2, 0) is 25.3 Å². The second-order valence-corrected chi connectivity index (χ2v) is 25.6. The van der Waals surface area contributed by atoms with Crippen molar-refractivity contribution in [3.8, 4) is 0 Å². The molecule has 5 nitrogen and oxygen atoms in total. The molecular formula is C45H74O5Si. The van der Waals surface area contributed by atoms with Crippen LogP contribution in [0.15, 0.2) is 42.0 Å². The molecule has 4 aliphatic carbocycles. The zero-order chi connectivity index (χ0) is 38.0. The second-order valence-electron chi connectivity index (χ2n) is 20.9. The Bertz CT molecular complexity index is 1420. The zero-order valence-corrected chi connectivity index (χ0v) is 35.9. The molecule has 5 rings (SSSR count). The van der Waals surface area contributed by atoms with Crippen molar-refractivity contribution in [3.63, 3.8) is 0 Å². The van der Waals surface area contributed by atoms with Crippen molar-refractivity contribution in [3.05, 3.63) is 47.5 Å². The predicted octanol–water partition coefficient (Wildman–Crippen LogP) is 11.3. The van der Waals surface area contributed by atoms with Gasteiger partial charge in [-0.05, 0) is 135 Å². The Labute approximate surface area is 313 Å². The van der Waals surface area contributed by atoms with Crippen LogP contribution in [0.4, 0.5) is 0 Å². The first-order valence-corrected chi connectivity index (χ1v) is 23.2. The van der Waals surface area contributed by atoms with E-state index in [2.05, 4.69) is 126 Å². The lowest BCUT2D eigenvalue weighted by atomic mass is 9.34. The maximum absolute atomic E-state index is 13.0. The maximum atomic E-state index is 13.0. The summed E-state index contributed by atoms with van der Waals surface area (Å²) in [6, 6.07) is 10.6. The number of hydrogen-bond acceptors (Lipinski definition) is 5. The van der Waals surface area contributed by atoms with Gasteiger partial charge in [-0.3, -0.25) is 4.79 Å². The predicted molar refractivity (Wildman–Crippen MR) is 212 cm³/mol. The minimum Gasteiger partial charge on any atom is -0.462 e. The van der Waals surface area contributed by atoms with Gasteiger partial charge >= 0.3 is 5.97 Å². The van der Waals surface area contributed by atoms with Gasteiger partial charge in [-0.25, -0.2) is 0 Å². The smallest absolute Gasteiger partial charge is 0.302 e. The van der Waals surface area contributed by atoms with E-state index < -0.39 is 13.9 Å². The normalized spacial score (nSPS) is 38.8. The highest BCUT2D eigenvalue weighted by molar-refractivity contribution is 6.74. The fraction of sp³-hybridized carbons (Fsp3) is 0.800. The summed E-state index contributed by atoms with van der Waals surface area (Å²) in [7, 11) is -2.05. The molecule has 0 amide bonds. The highest BCUT2D eigenvalue weighted by Crippen LogP contribution is 2.76. The fourth-order valence-corrected chi connectivity index (χ4v) is 13.9. The van der Waals surface area contributed by atoms with Crippen LogP contribution in [0.1, 0.15) is 140 Å². The quantitative estimate of drug-likeness (QED) is 0.148. The molecule has 1 aromatic carbocycles. The van der Waals surface area contributed by atoms with Crippen LogP contribution in [-0.4, -0.2) is 43.3 Å². The summed E-state index contributed by atoms with van der Waals surface area (Å²) in [5.74, 6) is 0.699. The number of fused-ring (bicyclic) bond motifs is 5. The van der Waals surface area contributed by atoms with Gasteiger partial charge in [0.05, 0.1) is 24.4 Å². The molecule has 0 radical (unpaired) electrons. The summed E-state index contributed by atoms with van der Waals surface area (Å²) in [5, 5.41) is 12.5. The third-order valence-corrected chi connectivity index (χ3v) is 20.5. The Hall–Kier alpha value is -1.47. The minimum atomic E-state index is -2.05. The van der Waals surface area contributed by atoms with Crippen molar-refractivity contribution in [2.24, 2.45) is 45.3 Å². The van der Waals surface area contributed by atoms with E-state index in [1.54, 1.807) is 6.92 Å². The van der Waals surface area contributed by atoms with Gasteiger partial charge in [-0.1, -0.05) is 97.4 Å². The van der Waals surface area contributed by atoms with Gasteiger partial charge < -0.3 is 19.0 Å². The minimum absolute atomic E-state index is 0.0303. The summed E-state index contributed by atoms with van der Waals surface area (Å²) in [5.41, 5.74) is 1.25. The first kappa shape index (κ1) is 40.7. The average molecular weight is 723 g/mol. The molecule has 0 aliphatic heterocycles. The van der Waals surface area contributed by atoms with E-state index in [4.69, 9.17) is 13.9 Å². The first-order valence-electron chi connectivity index (χ1n) is 20.3. The monoisotopic (exact) mass is 723 g/mol. The summed E-state index contributed by atoms with van der Waals surface area (Å²) < 4.78 is 21.0. The van der Waals surface area contributed by atoms with Crippen molar-refractivity contribution in [1.82, 2.24) is 0 Å². The molecule has 1 aromatic rings. The third kappa shape index (κ3) is 7.23. The SMILES string of the molecule is CC(=O)O[C@H]1C[C@]2(C)[C@H](C[C@@H](OCc3ccccc3)[C@@H]3[C@@H]([C@@](C)(O)CCC=C(C)C)CC[C@]32C)[C@@]2(C)CC[C@H](O[Si](C)(C)C(C)(C)C)C(C)(C)[C@H]12. The molecule has 0 heterocycles. The molecule has 0 aromatic heterocycles. The Balaban J connectivity index is 1.59. The van der Waals surface area contributed by atoms with E-state index in [0.717, 1.165) is 51.4 Å². The first-order chi connectivity index (χ1) is 23.4. The van der Waals surface area contributed by atoms with Crippen molar-refractivity contribution in [2.75, 3.05) is 0 Å². The number of allylic oxidation sites excluding steroid dienone is 2. The van der Waals surface area contributed by atoms with E-state index in [0.29, 0.717) is 12.5 Å². The molecule has 0 spiro atoms.